The number of hydrogen-bond donors (Lipinski definition) is 0. The van der Waals surface area contributed by atoms with E-state index >= 15 is 0 Å². The highest BCUT2D eigenvalue weighted by atomic mass is 79.9. The molecule has 19 heavy (non-hydrogen) atoms. The van der Waals surface area contributed by atoms with Gasteiger partial charge >= 0.3 is 0 Å². The first-order valence-electron chi connectivity index (χ1n) is 5.67. The minimum absolute atomic E-state index is 0.192. The lowest BCUT2D eigenvalue weighted by molar-refractivity contribution is 0.399. The van der Waals surface area contributed by atoms with Gasteiger partial charge in [-0.3, -0.25) is 0 Å². The predicted molar refractivity (Wildman–Crippen MR) is 81.1 cm³/mol. The summed E-state index contributed by atoms with van der Waals surface area (Å²) in [5, 5.41) is 8.82. The van der Waals surface area contributed by atoms with E-state index in [4.69, 9.17) is 5.26 Å². The summed E-state index contributed by atoms with van der Waals surface area (Å²) in [6, 6.07) is 6.97. The number of nitrogens with zero attached hydrogens (tertiary/aromatic N) is 2. The third kappa shape index (κ3) is 4.02. The first kappa shape index (κ1) is 16.6. The first-order valence-corrected chi connectivity index (χ1v) is 8.70. The fourth-order valence-electron chi connectivity index (χ4n) is 1.57. The normalized spacial score (nSPS) is 13.3. The topological polar surface area (TPSA) is 61.2 Å². The Hall–Kier alpha value is -0.420. The number of nitriles is 1. The van der Waals surface area contributed by atoms with Crippen LogP contribution in [0.2, 0.25) is 0 Å². The van der Waals surface area contributed by atoms with Gasteiger partial charge in [-0.2, -0.15) is 9.57 Å². The zero-order valence-corrected chi connectivity index (χ0v) is 14.6. The second kappa shape index (κ2) is 6.84. The minimum Gasteiger partial charge on any atom is -0.207 e. The Balaban J connectivity index is 3.18. The van der Waals surface area contributed by atoms with Crippen LogP contribution in [-0.4, -0.2) is 25.8 Å². The second-order valence-corrected chi connectivity index (χ2v) is 7.74. The number of halogens is 2. The molecule has 0 heterocycles. The fourth-order valence-corrected chi connectivity index (χ4v) is 4.81. The molecule has 0 saturated heterocycles. The fraction of sp³-hybridized carbons (Fsp3) is 0.417. The van der Waals surface area contributed by atoms with Crippen molar-refractivity contribution in [1.29, 1.82) is 5.26 Å². The maximum absolute atomic E-state index is 12.5. The van der Waals surface area contributed by atoms with E-state index in [-0.39, 0.29) is 17.4 Å². The zero-order chi connectivity index (χ0) is 14.6. The van der Waals surface area contributed by atoms with Crippen LogP contribution in [0.1, 0.15) is 13.8 Å². The molecular weight excluding hydrogens is 396 g/mol. The molecule has 0 saturated carbocycles. The molecule has 0 N–H and O–H groups in total. The van der Waals surface area contributed by atoms with Crippen LogP contribution in [0.4, 0.5) is 0 Å². The smallest absolute Gasteiger partial charge is 0.207 e. The number of benzene rings is 1. The molecule has 1 aromatic rings. The first-order chi connectivity index (χ1) is 8.82. The molecule has 0 aromatic heterocycles. The highest BCUT2D eigenvalue weighted by Gasteiger charge is 2.26. The van der Waals surface area contributed by atoms with Crippen molar-refractivity contribution in [3.05, 3.63) is 27.1 Å². The third-order valence-electron chi connectivity index (χ3n) is 2.56. The summed E-state index contributed by atoms with van der Waals surface area (Å²) in [6.07, 6.45) is 0. The van der Waals surface area contributed by atoms with Gasteiger partial charge in [0.25, 0.3) is 0 Å². The predicted octanol–water partition coefficient (Wildman–Crippen LogP) is 3.38. The molecule has 1 aromatic carbocycles. The molecule has 0 bridgehead atoms. The van der Waals surface area contributed by atoms with E-state index in [9.17, 15) is 8.42 Å². The van der Waals surface area contributed by atoms with Crippen LogP contribution >= 0.6 is 31.9 Å². The van der Waals surface area contributed by atoms with Gasteiger partial charge in [0.05, 0.1) is 16.9 Å². The summed E-state index contributed by atoms with van der Waals surface area (Å²) in [5.74, 6) is -0.344. The summed E-state index contributed by atoms with van der Waals surface area (Å²) >= 11 is 6.55. The van der Waals surface area contributed by atoms with Crippen molar-refractivity contribution in [1.82, 2.24) is 4.31 Å². The average molecular weight is 410 g/mol. The minimum atomic E-state index is -3.59. The Morgan fingerprint density at radius 1 is 1.42 bits per heavy atom. The van der Waals surface area contributed by atoms with E-state index in [2.05, 4.69) is 37.9 Å². The SMILES string of the molecule is CCN(CC(C)C#N)S(=O)(=O)c1ccc(Br)cc1Br. The lowest BCUT2D eigenvalue weighted by Gasteiger charge is -2.22. The van der Waals surface area contributed by atoms with E-state index in [1.54, 1.807) is 32.0 Å². The number of sulfonamides is 1. The van der Waals surface area contributed by atoms with Gasteiger partial charge in [0, 0.05) is 22.0 Å². The Kier molecular flexibility index (Phi) is 5.99. The van der Waals surface area contributed by atoms with Crippen molar-refractivity contribution >= 4 is 41.9 Å². The molecule has 1 atom stereocenters. The number of hydrogen-bond acceptors (Lipinski definition) is 3. The largest absolute Gasteiger partial charge is 0.244 e. The van der Waals surface area contributed by atoms with Gasteiger partial charge in [-0.15, -0.1) is 0 Å². The summed E-state index contributed by atoms with van der Waals surface area (Å²) < 4.78 is 27.7. The molecule has 0 aliphatic carbocycles. The summed E-state index contributed by atoms with van der Waals surface area (Å²) in [5.41, 5.74) is 0. The van der Waals surface area contributed by atoms with Gasteiger partial charge in [-0.05, 0) is 41.1 Å². The quantitative estimate of drug-likeness (QED) is 0.748. The van der Waals surface area contributed by atoms with Gasteiger partial charge in [0.2, 0.25) is 10.0 Å². The molecule has 4 nitrogen and oxygen atoms in total. The molecule has 104 valence electrons. The Bertz CT molecular complexity index is 596. The molecule has 0 aliphatic heterocycles. The third-order valence-corrected chi connectivity index (χ3v) is 5.97. The maximum atomic E-state index is 12.5. The molecular formula is C12H14Br2N2O2S. The molecule has 0 amide bonds. The number of rotatable bonds is 5. The molecule has 1 unspecified atom stereocenters. The monoisotopic (exact) mass is 408 g/mol. The second-order valence-electron chi connectivity index (χ2n) is 4.06. The van der Waals surface area contributed by atoms with Crippen molar-refractivity contribution in [3.63, 3.8) is 0 Å². The summed E-state index contributed by atoms with van der Waals surface area (Å²) in [6.45, 7) is 3.98. The highest BCUT2D eigenvalue weighted by Crippen LogP contribution is 2.28. The van der Waals surface area contributed by atoms with Crippen molar-refractivity contribution < 1.29 is 8.42 Å². The van der Waals surface area contributed by atoms with E-state index in [0.29, 0.717) is 11.0 Å². The lowest BCUT2D eigenvalue weighted by atomic mass is 10.2. The van der Waals surface area contributed by atoms with Crippen LogP contribution in [0.5, 0.6) is 0 Å². The summed E-state index contributed by atoms with van der Waals surface area (Å²) in [7, 11) is -3.59. The van der Waals surface area contributed by atoms with Crippen molar-refractivity contribution in [2.45, 2.75) is 18.7 Å². The molecule has 7 heteroatoms. The van der Waals surface area contributed by atoms with E-state index in [1.807, 2.05) is 0 Å². The molecule has 1 rings (SSSR count). The van der Waals surface area contributed by atoms with E-state index in [0.717, 1.165) is 4.47 Å². The average Bonchev–Trinajstić information content (AvgIpc) is 2.34. The zero-order valence-electron chi connectivity index (χ0n) is 10.6. The van der Waals surface area contributed by atoms with Crippen molar-refractivity contribution in [2.75, 3.05) is 13.1 Å². The Morgan fingerprint density at radius 2 is 2.05 bits per heavy atom. The lowest BCUT2D eigenvalue weighted by Crippen LogP contribution is -2.34. The van der Waals surface area contributed by atoms with Crippen LogP contribution < -0.4 is 0 Å². The van der Waals surface area contributed by atoms with Crippen LogP contribution in [0.15, 0.2) is 32.0 Å². The molecule has 0 aliphatic rings. The standard InChI is InChI=1S/C12H14Br2N2O2S/c1-3-16(8-9(2)7-15)19(17,18)12-5-4-10(13)6-11(12)14/h4-6,9H,3,8H2,1-2H3. The molecule has 0 radical (unpaired) electrons. The van der Waals surface area contributed by atoms with Gasteiger partial charge in [-0.1, -0.05) is 22.9 Å². The van der Waals surface area contributed by atoms with E-state index < -0.39 is 10.0 Å². The molecule has 0 spiro atoms. The Labute approximate surface area is 130 Å². The van der Waals surface area contributed by atoms with Crippen molar-refractivity contribution in [3.8, 4) is 6.07 Å². The van der Waals surface area contributed by atoms with Gasteiger partial charge < -0.3 is 0 Å². The van der Waals surface area contributed by atoms with Gasteiger partial charge in [0.1, 0.15) is 0 Å². The van der Waals surface area contributed by atoms with Crippen molar-refractivity contribution in [2.24, 2.45) is 5.92 Å². The Morgan fingerprint density at radius 3 is 2.53 bits per heavy atom. The van der Waals surface area contributed by atoms with Gasteiger partial charge in [-0.25, -0.2) is 8.42 Å². The summed E-state index contributed by atoms with van der Waals surface area (Å²) in [4.78, 5) is 0.211. The molecule has 0 fully saturated rings. The van der Waals surface area contributed by atoms with E-state index in [1.165, 1.54) is 4.31 Å². The maximum Gasteiger partial charge on any atom is 0.244 e. The van der Waals surface area contributed by atoms with Crippen LogP contribution in [0.3, 0.4) is 0 Å². The van der Waals surface area contributed by atoms with Crippen LogP contribution in [0, 0.1) is 17.2 Å². The van der Waals surface area contributed by atoms with Crippen LogP contribution in [0.25, 0.3) is 0 Å². The highest BCUT2D eigenvalue weighted by molar-refractivity contribution is 9.11. The van der Waals surface area contributed by atoms with Crippen LogP contribution in [-0.2, 0) is 10.0 Å². The van der Waals surface area contributed by atoms with Gasteiger partial charge in [0.15, 0.2) is 0 Å².